The van der Waals surface area contributed by atoms with Crippen LogP contribution >= 0.6 is 0 Å². The van der Waals surface area contributed by atoms with Crippen LogP contribution in [0.3, 0.4) is 0 Å². The molecular formula is C15H24N2O. The van der Waals surface area contributed by atoms with E-state index in [2.05, 4.69) is 33.0 Å². The van der Waals surface area contributed by atoms with Gasteiger partial charge >= 0.3 is 0 Å². The van der Waals surface area contributed by atoms with Crippen molar-refractivity contribution in [3.63, 3.8) is 0 Å². The summed E-state index contributed by atoms with van der Waals surface area (Å²) in [7, 11) is 0. The largest absolute Gasteiger partial charge is 0.397 e. The van der Waals surface area contributed by atoms with Crippen molar-refractivity contribution in [2.75, 3.05) is 11.1 Å². The van der Waals surface area contributed by atoms with E-state index in [1.54, 1.807) is 6.07 Å². The molecule has 0 aromatic heterocycles. The Morgan fingerprint density at radius 2 is 1.94 bits per heavy atom. The Morgan fingerprint density at radius 1 is 1.33 bits per heavy atom. The molecule has 1 aromatic carbocycles. The molecule has 3 nitrogen and oxygen atoms in total. The fraction of sp³-hybridized carbons (Fsp3) is 0.533. The van der Waals surface area contributed by atoms with Gasteiger partial charge in [0.1, 0.15) is 0 Å². The number of carbonyl (C=O) groups excluding carboxylic acids is 1. The van der Waals surface area contributed by atoms with E-state index >= 15 is 0 Å². The molecule has 3 heteroatoms. The lowest BCUT2D eigenvalue weighted by Crippen LogP contribution is -2.19. The van der Waals surface area contributed by atoms with Crippen LogP contribution in [0.15, 0.2) is 24.3 Å². The molecule has 0 aliphatic heterocycles. The minimum Gasteiger partial charge on any atom is -0.397 e. The van der Waals surface area contributed by atoms with Crippen molar-refractivity contribution >= 4 is 17.3 Å². The SMILES string of the molecule is CC(CC(=O)Nc1ccccc1N)CC(C)(C)C. The second kappa shape index (κ2) is 5.89. The zero-order valence-electron chi connectivity index (χ0n) is 11.8. The predicted octanol–water partition coefficient (Wildman–Crippen LogP) is 3.67. The normalized spacial score (nSPS) is 13.1. The third-order valence-corrected chi connectivity index (χ3v) is 2.73. The van der Waals surface area contributed by atoms with E-state index in [9.17, 15) is 4.79 Å². The first-order valence-electron chi connectivity index (χ1n) is 6.42. The van der Waals surface area contributed by atoms with E-state index < -0.39 is 0 Å². The van der Waals surface area contributed by atoms with Gasteiger partial charge in [0.05, 0.1) is 11.4 Å². The highest BCUT2D eigenvalue weighted by Gasteiger charge is 2.17. The summed E-state index contributed by atoms with van der Waals surface area (Å²) in [6.07, 6.45) is 1.57. The summed E-state index contributed by atoms with van der Waals surface area (Å²) in [5.74, 6) is 0.402. The fourth-order valence-electron chi connectivity index (χ4n) is 2.25. The van der Waals surface area contributed by atoms with Crippen LogP contribution in [0.1, 0.15) is 40.5 Å². The van der Waals surface area contributed by atoms with Crippen LogP contribution in [0.25, 0.3) is 0 Å². The third-order valence-electron chi connectivity index (χ3n) is 2.73. The smallest absolute Gasteiger partial charge is 0.224 e. The number of anilines is 2. The Labute approximate surface area is 110 Å². The van der Waals surface area contributed by atoms with Crippen LogP contribution in [0.2, 0.25) is 0 Å². The van der Waals surface area contributed by atoms with E-state index in [0.29, 0.717) is 23.7 Å². The maximum Gasteiger partial charge on any atom is 0.224 e. The maximum absolute atomic E-state index is 11.9. The first kappa shape index (κ1) is 14.6. The average molecular weight is 248 g/mol. The highest BCUT2D eigenvalue weighted by Crippen LogP contribution is 2.26. The molecule has 0 fully saturated rings. The fourth-order valence-corrected chi connectivity index (χ4v) is 2.25. The van der Waals surface area contributed by atoms with Gasteiger partial charge in [-0.3, -0.25) is 4.79 Å². The minimum absolute atomic E-state index is 0.0321. The highest BCUT2D eigenvalue weighted by atomic mass is 16.1. The third kappa shape index (κ3) is 5.21. The van der Waals surface area contributed by atoms with E-state index in [0.717, 1.165) is 6.42 Å². The van der Waals surface area contributed by atoms with E-state index in [-0.39, 0.29) is 11.3 Å². The molecule has 0 saturated carbocycles. The van der Waals surface area contributed by atoms with Crippen LogP contribution < -0.4 is 11.1 Å². The topological polar surface area (TPSA) is 55.1 Å². The van der Waals surface area contributed by atoms with Crippen molar-refractivity contribution in [2.24, 2.45) is 11.3 Å². The molecule has 1 unspecified atom stereocenters. The second-order valence-electron chi connectivity index (χ2n) is 6.21. The molecule has 3 N–H and O–H groups in total. The van der Waals surface area contributed by atoms with Crippen molar-refractivity contribution < 1.29 is 4.79 Å². The summed E-state index contributed by atoms with van der Waals surface area (Å²) in [6.45, 7) is 8.68. The van der Waals surface area contributed by atoms with Gasteiger partial charge in [0.25, 0.3) is 0 Å². The Morgan fingerprint density at radius 3 is 2.50 bits per heavy atom. The number of nitrogens with two attached hydrogens (primary N) is 1. The van der Waals surface area contributed by atoms with Gasteiger partial charge < -0.3 is 11.1 Å². The zero-order chi connectivity index (χ0) is 13.8. The van der Waals surface area contributed by atoms with Gasteiger partial charge in [0.2, 0.25) is 5.91 Å². The molecule has 1 atom stereocenters. The summed E-state index contributed by atoms with van der Waals surface area (Å²) in [4.78, 5) is 11.9. The number of hydrogen-bond acceptors (Lipinski definition) is 2. The van der Waals surface area contributed by atoms with Crippen LogP contribution in [0.4, 0.5) is 11.4 Å². The number of nitrogen functional groups attached to an aromatic ring is 1. The average Bonchev–Trinajstić information content (AvgIpc) is 2.18. The molecule has 0 aliphatic carbocycles. The molecule has 0 aliphatic rings. The lowest BCUT2D eigenvalue weighted by Gasteiger charge is -2.22. The monoisotopic (exact) mass is 248 g/mol. The summed E-state index contributed by atoms with van der Waals surface area (Å²) >= 11 is 0. The number of amides is 1. The van der Waals surface area contributed by atoms with E-state index in [1.807, 2.05) is 18.2 Å². The van der Waals surface area contributed by atoms with Gasteiger partial charge in [-0.15, -0.1) is 0 Å². The quantitative estimate of drug-likeness (QED) is 0.799. The van der Waals surface area contributed by atoms with Crippen molar-refractivity contribution in [1.82, 2.24) is 0 Å². The number of rotatable bonds is 4. The number of carbonyl (C=O) groups is 1. The van der Waals surface area contributed by atoms with Crippen molar-refractivity contribution in [2.45, 2.75) is 40.5 Å². The molecule has 0 heterocycles. The molecule has 0 radical (unpaired) electrons. The predicted molar refractivity (Wildman–Crippen MR) is 77.3 cm³/mol. The van der Waals surface area contributed by atoms with Gasteiger partial charge in [-0.2, -0.15) is 0 Å². The lowest BCUT2D eigenvalue weighted by molar-refractivity contribution is -0.117. The summed E-state index contributed by atoms with van der Waals surface area (Å²) in [6, 6.07) is 7.33. The van der Waals surface area contributed by atoms with Gasteiger partial charge in [-0.1, -0.05) is 39.8 Å². The van der Waals surface area contributed by atoms with Crippen LogP contribution in [-0.4, -0.2) is 5.91 Å². The lowest BCUT2D eigenvalue weighted by atomic mass is 9.84. The zero-order valence-corrected chi connectivity index (χ0v) is 11.8. The van der Waals surface area contributed by atoms with Crippen LogP contribution in [-0.2, 0) is 4.79 Å². The maximum atomic E-state index is 11.9. The highest BCUT2D eigenvalue weighted by molar-refractivity contribution is 5.93. The number of para-hydroxylation sites is 2. The summed E-state index contributed by atoms with van der Waals surface area (Å²) in [5.41, 5.74) is 7.35. The number of benzene rings is 1. The van der Waals surface area contributed by atoms with Gasteiger partial charge in [-0.25, -0.2) is 0 Å². The summed E-state index contributed by atoms with van der Waals surface area (Å²) in [5, 5.41) is 2.86. The van der Waals surface area contributed by atoms with Gasteiger partial charge in [-0.05, 0) is 29.9 Å². The molecular weight excluding hydrogens is 224 g/mol. The van der Waals surface area contributed by atoms with Crippen molar-refractivity contribution in [3.05, 3.63) is 24.3 Å². The van der Waals surface area contributed by atoms with Crippen LogP contribution in [0, 0.1) is 11.3 Å². The molecule has 1 aromatic rings. The molecule has 0 saturated heterocycles. The Kier molecular flexibility index (Phi) is 4.76. The number of hydrogen-bond donors (Lipinski definition) is 2. The Hall–Kier alpha value is -1.51. The van der Waals surface area contributed by atoms with Crippen molar-refractivity contribution in [3.8, 4) is 0 Å². The molecule has 1 rings (SSSR count). The Balaban J connectivity index is 2.50. The van der Waals surface area contributed by atoms with Gasteiger partial charge in [0.15, 0.2) is 0 Å². The summed E-state index contributed by atoms with van der Waals surface area (Å²) < 4.78 is 0. The molecule has 18 heavy (non-hydrogen) atoms. The van der Waals surface area contributed by atoms with E-state index in [1.165, 1.54) is 0 Å². The Bertz CT molecular complexity index is 407. The second-order valence-corrected chi connectivity index (χ2v) is 6.21. The molecule has 100 valence electrons. The standard InChI is InChI=1S/C15H24N2O/c1-11(10-15(2,3)4)9-14(18)17-13-8-6-5-7-12(13)16/h5-8,11H,9-10,16H2,1-4H3,(H,17,18). The van der Waals surface area contributed by atoms with E-state index in [4.69, 9.17) is 5.73 Å². The first-order valence-corrected chi connectivity index (χ1v) is 6.42. The molecule has 0 spiro atoms. The number of nitrogens with one attached hydrogen (secondary N) is 1. The van der Waals surface area contributed by atoms with Crippen molar-refractivity contribution in [1.29, 1.82) is 0 Å². The molecule has 1 amide bonds. The first-order chi connectivity index (χ1) is 8.28. The minimum atomic E-state index is 0.0321. The van der Waals surface area contributed by atoms with Gasteiger partial charge in [0, 0.05) is 6.42 Å². The van der Waals surface area contributed by atoms with Crippen LogP contribution in [0.5, 0.6) is 0 Å². The molecule has 0 bridgehead atoms.